The van der Waals surface area contributed by atoms with Gasteiger partial charge in [0, 0.05) is 36.0 Å². The van der Waals surface area contributed by atoms with Crippen LogP contribution in [0.3, 0.4) is 0 Å². The molecule has 0 atom stereocenters. The lowest BCUT2D eigenvalue weighted by atomic mass is 10.1. The summed E-state index contributed by atoms with van der Waals surface area (Å²) in [6.07, 6.45) is 1.85. The first-order valence-electron chi connectivity index (χ1n) is 6.66. The van der Waals surface area contributed by atoms with Crippen molar-refractivity contribution in [3.8, 4) is 5.75 Å². The number of hydrogen-bond donors (Lipinski definition) is 1. The van der Waals surface area contributed by atoms with E-state index < -0.39 is 0 Å². The number of pyridine rings is 1. The molecule has 2 aromatic rings. The molecule has 0 amide bonds. The summed E-state index contributed by atoms with van der Waals surface area (Å²) >= 11 is 0. The Balaban J connectivity index is 2.05. The predicted molar refractivity (Wildman–Crippen MR) is 76.8 cm³/mol. The van der Waals surface area contributed by atoms with Crippen LogP contribution in [0.15, 0.2) is 10.7 Å². The minimum Gasteiger partial charge on any atom is -0.496 e. The number of hydrogen-bond acceptors (Lipinski definition) is 5. The standard InChI is InChI=1S/C15H21N3O2/c1-9-6-17-14(10(2)15(9)19-5)8-16-7-13-11(3)18-20-12(13)4/h6,16H,7-8H2,1-5H3. The van der Waals surface area contributed by atoms with Crippen LogP contribution in [0.1, 0.15) is 33.8 Å². The van der Waals surface area contributed by atoms with Gasteiger partial charge in [-0.1, -0.05) is 5.16 Å². The fourth-order valence-corrected chi connectivity index (χ4v) is 2.31. The molecule has 0 aliphatic carbocycles. The normalized spacial score (nSPS) is 10.8. The van der Waals surface area contributed by atoms with Crippen molar-refractivity contribution in [2.45, 2.75) is 40.8 Å². The highest BCUT2D eigenvalue weighted by Crippen LogP contribution is 2.23. The highest BCUT2D eigenvalue weighted by molar-refractivity contribution is 5.41. The third-order valence-electron chi connectivity index (χ3n) is 3.53. The van der Waals surface area contributed by atoms with E-state index in [0.717, 1.165) is 46.1 Å². The smallest absolute Gasteiger partial charge is 0.138 e. The zero-order chi connectivity index (χ0) is 14.7. The summed E-state index contributed by atoms with van der Waals surface area (Å²) in [7, 11) is 1.69. The van der Waals surface area contributed by atoms with Gasteiger partial charge in [-0.05, 0) is 27.7 Å². The van der Waals surface area contributed by atoms with Crippen LogP contribution >= 0.6 is 0 Å². The van der Waals surface area contributed by atoms with Crippen molar-refractivity contribution in [2.75, 3.05) is 7.11 Å². The minimum absolute atomic E-state index is 0.687. The average Bonchev–Trinajstić information content (AvgIpc) is 2.73. The topological polar surface area (TPSA) is 60.2 Å². The predicted octanol–water partition coefficient (Wildman–Crippen LogP) is 2.60. The van der Waals surface area contributed by atoms with Crippen LogP contribution in [0.2, 0.25) is 0 Å². The molecule has 0 aromatic carbocycles. The van der Waals surface area contributed by atoms with E-state index in [2.05, 4.69) is 15.5 Å². The Hall–Kier alpha value is -1.88. The Morgan fingerprint density at radius 2 is 1.95 bits per heavy atom. The van der Waals surface area contributed by atoms with Gasteiger partial charge in [0.25, 0.3) is 0 Å². The van der Waals surface area contributed by atoms with Gasteiger partial charge in [-0.15, -0.1) is 0 Å². The van der Waals surface area contributed by atoms with E-state index in [1.807, 2.05) is 33.9 Å². The van der Waals surface area contributed by atoms with Crippen molar-refractivity contribution in [3.63, 3.8) is 0 Å². The lowest BCUT2D eigenvalue weighted by Gasteiger charge is -2.12. The van der Waals surface area contributed by atoms with Gasteiger partial charge in [-0.25, -0.2) is 0 Å². The number of nitrogens with one attached hydrogen (secondary N) is 1. The summed E-state index contributed by atoms with van der Waals surface area (Å²) in [4.78, 5) is 4.47. The second-order valence-electron chi connectivity index (χ2n) is 4.95. The lowest BCUT2D eigenvalue weighted by molar-refractivity contribution is 0.391. The Morgan fingerprint density at radius 1 is 1.20 bits per heavy atom. The van der Waals surface area contributed by atoms with E-state index in [-0.39, 0.29) is 0 Å². The largest absolute Gasteiger partial charge is 0.496 e. The Bertz CT molecular complexity index is 586. The van der Waals surface area contributed by atoms with Crippen molar-refractivity contribution in [3.05, 3.63) is 40.0 Å². The van der Waals surface area contributed by atoms with Crippen LogP contribution < -0.4 is 10.1 Å². The van der Waals surface area contributed by atoms with Crippen molar-refractivity contribution < 1.29 is 9.26 Å². The third-order valence-corrected chi connectivity index (χ3v) is 3.53. The highest BCUT2D eigenvalue weighted by atomic mass is 16.5. The lowest BCUT2D eigenvalue weighted by Crippen LogP contribution is -2.16. The Kier molecular flexibility index (Phi) is 4.39. The van der Waals surface area contributed by atoms with Gasteiger partial charge in [0.05, 0.1) is 18.5 Å². The summed E-state index contributed by atoms with van der Waals surface area (Å²) in [5, 5.41) is 7.33. The van der Waals surface area contributed by atoms with Crippen LogP contribution in [0.4, 0.5) is 0 Å². The van der Waals surface area contributed by atoms with Crippen LogP contribution in [-0.2, 0) is 13.1 Å². The van der Waals surface area contributed by atoms with Crippen LogP contribution in [-0.4, -0.2) is 17.3 Å². The molecule has 0 unspecified atom stereocenters. The van der Waals surface area contributed by atoms with Gasteiger partial charge in [-0.3, -0.25) is 4.98 Å². The number of ether oxygens (including phenoxy) is 1. The summed E-state index contributed by atoms with van der Waals surface area (Å²) in [6.45, 7) is 9.32. The number of rotatable bonds is 5. The summed E-state index contributed by atoms with van der Waals surface area (Å²) < 4.78 is 10.6. The third kappa shape index (κ3) is 2.82. The first kappa shape index (κ1) is 14.5. The molecule has 2 aromatic heterocycles. The summed E-state index contributed by atoms with van der Waals surface area (Å²) in [6, 6.07) is 0. The molecule has 5 heteroatoms. The second-order valence-corrected chi connectivity index (χ2v) is 4.95. The zero-order valence-electron chi connectivity index (χ0n) is 12.7. The van der Waals surface area contributed by atoms with Crippen molar-refractivity contribution in [1.82, 2.24) is 15.5 Å². The van der Waals surface area contributed by atoms with E-state index in [9.17, 15) is 0 Å². The maximum atomic E-state index is 5.41. The van der Waals surface area contributed by atoms with E-state index in [0.29, 0.717) is 6.54 Å². The monoisotopic (exact) mass is 275 g/mol. The summed E-state index contributed by atoms with van der Waals surface area (Å²) in [5.74, 6) is 1.77. The van der Waals surface area contributed by atoms with Crippen molar-refractivity contribution in [2.24, 2.45) is 0 Å². The first-order chi connectivity index (χ1) is 9.54. The Morgan fingerprint density at radius 3 is 2.55 bits per heavy atom. The van der Waals surface area contributed by atoms with Gasteiger partial charge in [0.2, 0.25) is 0 Å². The fourth-order valence-electron chi connectivity index (χ4n) is 2.31. The SMILES string of the molecule is COc1c(C)cnc(CNCc2c(C)noc2C)c1C. The van der Waals surface area contributed by atoms with Crippen molar-refractivity contribution >= 4 is 0 Å². The highest BCUT2D eigenvalue weighted by Gasteiger charge is 2.11. The van der Waals surface area contributed by atoms with Crippen LogP contribution in [0, 0.1) is 27.7 Å². The molecule has 20 heavy (non-hydrogen) atoms. The Labute approximate surface area is 119 Å². The number of aryl methyl sites for hydroxylation is 3. The van der Waals surface area contributed by atoms with Gasteiger partial charge in [0.15, 0.2) is 0 Å². The maximum Gasteiger partial charge on any atom is 0.138 e. The molecule has 0 saturated carbocycles. The average molecular weight is 275 g/mol. The van der Waals surface area contributed by atoms with E-state index >= 15 is 0 Å². The van der Waals surface area contributed by atoms with Gasteiger partial charge in [0.1, 0.15) is 11.5 Å². The van der Waals surface area contributed by atoms with E-state index in [1.165, 1.54) is 0 Å². The molecule has 0 aliphatic rings. The van der Waals surface area contributed by atoms with Gasteiger partial charge in [-0.2, -0.15) is 0 Å². The first-order valence-corrected chi connectivity index (χ1v) is 6.66. The fraction of sp³-hybridized carbons (Fsp3) is 0.467. The molecule has 2 rings (SSSR count). The minimum atomic E-state index is 0.687. The molecule has 0 aliphatic heterocycles. The molecule has 0 bridgehead atoms. The molecule has 0 radical (unpaired) electrons. The quantitative estimate of drug-likeness (QED) is 0.909. The molecule has 5 nitrogen and oxygen atoms in total. The summed E-state index contributed by atoms with van der Waals surface area (Å²) in [5.41, 5.74) is 5.18. The number of aromatic nitrogens is 2. The molecule has 0 saturated heterocycles. The van der Waals surface area contributed by atoms with Crippen molar-refractivity contribution in [1.29, 1.82) is 0 Å². The van der Waals surface area contributed by atoms with Gasteiger partial charge >= 0.3 is 0 Å². The molecule has 2 heterocycles. The molecular weight excluding hydrogens is 254 g/mol. The zero-order valence-corrected chi connectivity index (χ0v) is 12.7. The number of nitrogens with zero attached hydrogens (tertiary/aromatic N) is 2. The molecule has 0 fully saturated rings. The van der Waals surface area contributed by atoms with Crippen LogP contribution in [0.5, 0.6) is 5.75 Å². The van der Waals surface area contributed by atoms with E-state index in [1.54, 1.807) is 7.11 Å². The molecule has 0 spiro atoms. The van der Waals surface area contributed by atoms with Gasteiger partial charge < -0.3 is 14.6 Å². The molecule has 1 N–H and O–H groups in total. The second kappa shape index (κ2) is 6.05. The number of methoxy groups -OCH3 is 1. The molecular formula is C15H21N3O2. The van der Waals surface area contributed by atoms with Crippen LogP contribution in [0.25, 0.3) is 0 Å². The van der Waals surface area contributed by atoms with E-state index in [4.69, 9.17) is 9.26 Å². The molecule has 108 valence electrons. The maximum absolute atomic E-state index is 5.41.